The van der Waals surface area contributed by atoms with Crippen LogP contribution in [0.1, 0.15) is 43.9 Å². The van der Waals surface area contributed by atoms with Gasteiger partial charge in [0.1, 0.15) is 6.54 Å². The molecule has 2 fully saturated rings. The second-order valence-corrected chi connectivity index (χ2v) is 10.2. The van der Waals surface area contributed by atoms with E-state index in [4.69, 9.17) is 0 Å². The van der Waals surface area contributed by atoms with Gasteiger partial charge in [-0.3, -0.25) is 0 Å². The molecule has 2 bridgehead atoms. The lowest BCUT2D eigenvalue weighted by Gasteiger charge is -2.34. The Morgan fingerprint density at radius 2 is 1.93 bits per heavy atom. The van der Waals surface area contributed by atoms with Crippen molar-refractivity contribution >= 4 is 12.1 Å². The van der Waals surface area contributed by atoms with Crippen molar-refractivity contribution < 1.29 is 13.2 Å². The topological polar surface area (TPSA) is 33.1 Å². The van der Waals surface area contributed by atoms with Gasteiger partial charge in [0.05, 0.1) is 12.0 Å². The number of fused-ring (bicyclic) bond motifs is 1. The van der Waals surface area contributed by atoms with E-state index in [1.165, 1.54) is 27.6 Å². The summed E-state index contributed by atoms with van der Waals surface area (Å²) in [5.74, 6) is 0.735. The molecule has 1 spiro atoms. The molecule has 1 aromatic heterocycles. The van der Waals surface area contributed by atoms with E-state index in [-0.39, 0.29) is 5.54 Å². The molecular weight excluding hydrogens is 409 g/mol. The van der Waals surface area contributed by atoms with Crippen molar-refractivity contribution in [1.29, 1.82) is 0 Å². The van der Waals surface area contributed by atoms with Crippen molar-refractivity contribution in [1.82, 2.24) is 18.6 Å². The lowest BCUT2D eigenvalue weighted by atomic mass is 9.79. The Labute approximate surface area is 179 Å². The third-order valence-electron chi connectivity index (χ3n) is 7.11. The molecular formula is C22H27F3N4S. The summed E-state index contributed by atoms with van der Waals surface area (Å²) in [6.07, 6.45) is 3.79. The standard InChI is InChI=1S/C22H27F3N4S/c1-14(2)28-10-20(26-13-28)16-4-3-15-8-18-5-6-19(9-17(15)7-16)21(18)11-29(30-27-21)12-22(23,24)25/h3-4,7,10,13-14,18-19,27H,5-6,8-9,11-12H2,1-2H3/t18-,19+,21+/m0/s1. The van der Waals surface area contributed by atoms with Crippen molar-refractivity contribution in [2.75, 3.05) is 13.1 Å². The zero-order chi connectivity index (χ0) is 21.1. The van der Waals surface area contributed by atoms with Crippen LogP contribution >= 0.6 is 12.1 Å². The maximum absolute atomic E-state index is 12.9. The predicted octanol–water partition coefficient (Wildman–Crippen LogP) is 5.03. The fraction of sp³-hybridized carbons (Fsp3) is 0.591. The first kappa shape index (κ1) is 20.4. The number of benzene rings is 1. The van der Waals surface area contributed by atoms with Crippen molar-refractivity contribution in [3.05, 3.63) is 41.9 Å². The van der Waals surface area contributed by atoms with Crippen LogP contribution < -0.4 is 4.72 Å². The first-order valence-electron chi connectivity index (χ1n) is 10.6. The van der Waals surface area contributed by atoms with Gasteiger partial charge in [0.2, 0.25) is 0 Å². The Balaban J connectivity index is 1.40. The Kier molecular flexibility index (Phi) is 4.95. The molecule has 1 N–H and O–H groups in total. The minimum Gasteiger partial charge on any atom is -0.334 e. The highest BCUT2D eigenvalue weighted by Gasteiger charge is 2.56. The van der Waals surface area contributed by atoms with Gasteiger partial charge in [0, 0.05) is 42.0 Å². The first-order valence-corrected chi connectivity index (χ1v) is 11.4. The Morgan fingerprint density at radius 3 is 2.60 bits per heavy atom. The minimum absolute atomic E-state index is 0.228. The molecule has 0 radical (unpaired) electrons. The molecule has 2 aromatic rings. The summed E-state index contributed by atoms with van der Waals surface area (Å²) in [7, 11) is 0. The molecule has 1 aliphatic heterocycles. The van der Waals surface area contributed by atoms with Crippen LogP contribution in [0.5, 0.6) is 0 Å². The van der Waals surface area contributed by atoms with Crippen LogP contribution in [0.3, 0.4) is 0 Å². The number of hydrogen-bond donors (Lipinski definition) is 1. The number of nitrogens with zero attached hydrogens (tertiary/aromatic N) is 3. The SMILES string of the molecule is CC(C)n1cnc(-c2ccc3c(c2)C[C@H]2CC[C@@H](C3)[C@]23CN(CC(F)(F)F)SN3)c1. The molecule has 5 rings (SSSR count). The Morgan fingerprint density at radius 1 is 1.20 bits per heavy atom. The van der Waals surface area contributed by atoms with Gasteiger partial charge in [0.25, 0.3) is 0 Å². The largest absolute Gasteiger partial charge is 0.402 e. The van der Waals surface area contributed by atoms with Crippen LogP contribution in [0.2, 0.25) is 0 Å². The monoisotopic (exact) mass is 436 g/mol. The smallest absolute Gasteiger partial charge is 0.334 e. The Hall–Kier alpha value is -1.51. The number of imidazole rings is 1. The average molecular weight is 437 g/mol. The fourth-order valence-electron chi connectivity index (χ4n) is 5.51. The summed E-state index contributed by atoms with van der Waals surface area (Å²) in [6, 6.07) is 6.98. The molecule has 0 amide bonds. The van der Waals surface area contributed by atoms with Crippen LogP contribution in [0.15, 0.2) is 30.7 Å². The molecule has 8 heteroatoms. The number of alkyl halides is 3. The molecule has 30 heavy (non-hydrogen) atoms. The molecule has 1 saturated carbocycles. The molecule has 1 aromatic carbocycles. The van der Waals surface area contributed by atoms with E-state index in [9.17, 15) is 13.2 Å². The number of rotatable bonds is 3. The van der Waals surface area contributed by atoms with E-state index in [2.05, 4.69) is 52.5 Å². The van der Waals surface area contributed by atoms with Crippen LogP contribution in [0, 0.1) is 11.8 Å². The number of nitrogens with one attached hydrogen (secondary N) is 1. The van der Waals surface area contributed by atoms with Gasteiger partial charge >= 0.3 is 6.18 Å². The first-order chi connectivity index (χ1) is 14.2. The molecule has 3 atom stereocenters. The summed E-state index contributed by atoms with van der Waals surface area (Å²) in [6.45, 7) is 3.87. The van der Waals surface area contributed by atoms with Gasteiger partial charge in [-0.25, -0.2) is 14.0 Å². The zero-order valence-electron chi connectivity index (χ0n) is 17.2. The third kappa shape index (κ3) is 3.56. The number of aromatic nitrogens is 2. The summed E-state index contributed by atoms with van der Waals surface area (Å²) < 4.78 is 45.8. The highest BCUT2D eigenvalue weighted by molar-refractivity contribution is 7.95. The van der Waals surface area contributed by atoms with Gasteiger partial charge in [-0.05, 0) is 68.6 Å². The lowest BCUT2D eigenvalue weighted by Crippen LogP contribution is -2.51. The van der Waals surface area contributed by atoms with E-state index < -0.39 is 12.7 Å². The number of halogens is 3. The molecule has 2 aliphatic carbocycles. The second-order valence-electron chi connectivity index (χ2n) is 9.31. The normalized spacial score (nSPS) is 29.0. The van der Waals surface area contributed by atoms with Gasteiger partial charge in [0.15, 0.2) is 0 Å². The molecule has 4 nitrogen and oxygen atoms in total. The molecule has 1 saturated heterocycles. The second kappa shape index (κ2) is 7.28. The van der Waals surface area contributed by atoms with E-state index in [1.54, 1.807) is 0 Å². The predicted molar refractivity (Wildman–Crippen MR) is 113 cm³/mol. The maximum Gasteiger partial charge on any atom is 0.402 e. The zero-order valence-corrected chi connectivity index (χ0v) is 18.1. The van der Waals surface area contributed by atoms with Gasteiger partial charge in [-0.1, -0.05) is 12.1 Å². The van der Waals surface area contributed by atoms with Crippen LogP contribution in [0.25, 0.3) is 11.3 Å². The van der Waals surface area contributed by atoms with Crippen molar-refractivity contribution in [3.63, 3.8) is 0 Å². The maximum atomic E-state index is 12.9. The van der Waals surface area contributed by atoms with Gasteiger partial charge < -0.3 is 4.57 Å². The summed E-state index contributed by atoms with van der Waals surface area (Å²) in [5, 5.41) is 0. The Bertz CT molecular complexity index is 941. The molecule has 0 unspecified atom stereocenters. The quantitative estimate of drug-likeness (QED) is 0.685. The van der Waals surface area contributed by atoms with Crippen molar-refractivity contribution in [2.45, 2.75) is 57.3 Å². The minimum atomic E-state index is -4.17. The molecule has 2 heterocycles. The van der Waals surface area contributed by atoms with E-state index in [0.29, 0.717) is 24.4 Å². The van der Waals surface area contributed by atoms with Gasteiger partial charge in [-0.15, -0.1) is 0 Å². The van der Waals surface area contributed by atoms with E-state index >= 15 is 0 Å². The van der Waals surface area contributed by atoms with Gasteiger partial charge in [-0.2, -0.15) is 13.2 Å². The highest BCUT2D eigenvalue weighted by Crippen LogP contribution is 2.51. The van der Waals surface area contributed by atoms with Crippen molar-refractivity contribution in [2.24, 2.45) is 11.8 Å². The summed E-state index contributed by atoms with van der Waals surface area (Å²) in [4.78, 5) is 4.58. The molecule has 3 aliphatic rings. The third-order valence-corrected chi connectivity index (χ3v) is 8.10. The average Bonchev–Trinajstić information content (AvgIpc) is 3.34. The van der Waals surface area contributed by atoms with Crippen molar-refractivity contribution in [3.8, 4) is 11.3 Å². The van der Waals surface area contributed by atoms with E-state index in [1.807, 2.05) is 6.33 Å². The number of hydrogen-bond acceptors (Lipinski definition) is 4. The van der Waals surface area contributed by atoms with Crippen LogP contribution in [0.4, 0.5) is 13.2 Å². The van der Waals surface area contributed by atoms with Crippen LogP contribution in [-0.4, -0.2) is 38.7 Å². The lowest BCUT2D eigenvalue weighted by molar-refractivity contribution is -0.135. The van der Waals surface area contributed by atoms with Crippen LogP contribution in [-0.2, 0) is 12.8 Å². The van der Waals surface area contributed by atoms with E-state index in [0.717, 1.165) is 36.9 Å². The molecule has 162 valence electrons. The summed E-state index contributed by atoms with van der Waals surface area (Å²) >= 11 is 1.17. The summed E-state index contributed by atoms with van der Waals surface area (Å²) in [5.41, 5.74) is 4.54. The highest BCUT2D eigenvalue weighted by atomic mass is 32.2. The fourth-order valence-corrected chi connectivity index (χ4v) is 6.70.